The third-order valence-corrected chi connectivity index (χ3v) is 2.92. The summed E-state index contributed by atoms with van der Waals surface area (Å²) in [5.41, 5.74) is 8.32. The second-order valence-corrected chi connectivity index (χ2v) is 4.32. The highest BCUT2D eigenvalue weighted by atomic mass is 16.5. The average molecular weight is 254 g/mol. The Morgan fingerprint density at radius 1 is 1.21 bits per heavy atom. The number of imidazole rings is 1. The third kappa shape index (κ3) is 2.35. The van der Waals surface area contributed by atoms with E-state index in [-0.39, 0.29) is 0 Å². The molecular weight excluding hydrogens is 240 g/mol. The van der Waals surface area contributed by atoms with Gasteiger partial charge in [0.1, 0.15) is 17.4 Å². The van der Waals surface area contributed by atoms with E-state index < -0.39 is 0 Å². The number of nitrogens with zero attached hydrogens (tertiary/aromatic N) is 2. The molecule has 0 radical (unpaired) electrons. The molecule has 0 unspecified atom stereocenters. The van der Waals surface area contributed by atoms with Crippen molar-refractivity contribution in [1.29, 1.82) is 0 Å². The number of methoxy groups -OCH3 is 1. The molecule has 5 heteroatoms. The van der Waals surface area contributed by atoms with Crippen LogP contribution >= 0.6 is 0 Å². The second kappa shape index (κ2) is 4.61. The van der Waals surface area contributed by atoms with Crippen LogP contribution in [-0.4, -0.2) is 22.1 Å². The van der Waals surface area contributed by atoms with Gasteiger partial charge in [0.15, 0.2) is 5.65 Å². The summed E-state index contributed by atoms with van der Waals surface area (Å²) in [6, 6.07) is 11.6. The first-order chi connectivity index (χ1) is 9.24. The van der Waals surface area contributed by atoms with Crippen LogP contribution in [0.2, 0.25) is 0 Å². The highest BCUT2D eigenvalue weighted by molar-refractivity contribution is 5.72. The van der Waals surface area contributed by atoms with Gasteiger partial charge in [-0.15, -0.1) is 0 Å². The van der Waals surface area contributed by atoms with Crippen molar-refractivity contribution in [2.75, 3.05) is 12.8 Å². The van der Waals surface area contributed by atoms with E-state index in [4.69, 9.17) is 10.5 Å². The summed E-state index contributed by atoms with van der Waals surface area (Å²) in [6.07, 6.45) is 0.702. The van der Waals surface area contributed by atoms with Crippen LogP contribution in [0.15, 0.2) is 36.4 Å². The number of nitrogens with two attached hydrogens (primary N) is 1. The van der Waals surface area contributed by atoms with Crippen LogP contribution in [-0.2, 0) is 6.42 Å². The van der Waals surface area contributed by atoms with Crippen LogP contribution < -0.4 is 10.5 Å². The standard InChI is InChI=1S/C14H14N4O/c1-19-10-4-2-3-9(7-10)8-13-16-11-5-6-12(15)17-14(11)18-13/h2-7H,8H2,1H3,(H3,15,16,17,18). The summed E-state index contributed by atoms with van der Waals surface area (Å²) < 4.78 is 5.21. The summed E-state index contributed by atoms with van der Waals surface area (Å²) in [4.78, 5) is 11.9. The molecular formula is C14H14N4O. The number of H-pyrrole nitrogens is 1. The van der Waals surface area contributed by atoms with Crippen molar-refractivity contribution >= 4 is 17.0 Å². The van der Waals surface area contributed by atoms with Gasteiger partial charge in [-0.3, -0.25) is 0 Å². The molecule has 2 heterocycles. The Bertz CT molecular complexity index is 720. The fourth-order valence-electron chi connectivity index (χ4n) is 2.02. The highest BCUT2D eigenvalue weighted by Crippen LogP contribution is 2.17. The summed E-state index contributed by atoms with van der Waals surface area (Å²) in [6.45, 7) is 0. The molecule has 0 aliphatic rings. The van der Waals surface area contributed by atoms with Crippen molar-refractivity contribution in [2.24, 2.45) is 0 Å². The molecule has 96 valence electrons. The van der Waals surface area contributed by atoms with Crippen molar-refractivity contribution in [3.05, 3.63) is 47.8 Å². The first-order valence-electron chi connectivity index (χ1n) is 5.98. The van der Waals surface area contributed by atoms with E-state index in [1.54, 1.807) is 13.2 Å². The minimum atomic E-state index is 0.479. The van der Waals surface area contributed by atoms with E-state index in [0.29, 0.717) is 17.9 Å². The molecule has 5 nitrogen and oxygen atoms in total. The first kappa shape index (κ1) is 11.5. The van der Waals surface area contributed by atoms with Crippen molar-refractivity contribution < 1.29 is 4.74 Å². The number of nitrogens with one attached hydrogen (secondary N) is 1. The summed E-state index contributed by atoms with van der Waals surface area (Å²) in [5.74, 6) is 2.18. The Morgan fingerprint density at radius 3 is 2.95 bits per heavy atom. The zero-order valence-corrected chi connectivity index (χ0v) is 10.6. The first-order valence-corrected chi connectivity index (χ1v) is 5.98. The lowest BCUT2D eigenvalue weighted by molar-refractivity contribution is 0.414. The Morgan fingerprint density at radius 2 is 2.11 bits per heavy atom. The molecule has 0 spiro atoms. The molecule has 1 aromatic carbocycles. The van der Waals surface area contributed by atoms with Crippen LogP contribution in [0.3, 0.4) is 0 Å². The van der Waals surface area contributed by atoms with Gasteiger partial charge in [-0.05, 0) is 29.8 Å². The van der Waals surface area contributed by atoms with Gasteiger partial charge in [0.25, 0.3) is 0 Å². The van der Waals surface area contributed by atoms with E-state index >= 15 is 0 Å². The maximum atomic E-state index is 5.64. The number of hydrogen-bond donors (Lipinski definition) is 2. The predicted molar refractivity (Wildman–Crippen MR) is 74.1 cm³/mol. The van der Waals surface area contributed by atoms with E-state index in [0.717, 1.165) is 22.7 Å². The Kier molecular flexibility index (Phi) is 2.79. The van der Waals surface area contributed by atoms with Crippen molar-refractivity contribution in [2.45, 2.75) is 6.42 Å². The number of anilines is 1. The number of hydrogen-bond acceptors (Lipinski definition) is 4. The molecule has 0 aliphatic carbocycles. The summed E-state index contributed by atoms with van der Waals surface area (Å²) in [5, 5.41) is 0. The lowest BCUT2D eigenvalue weighted by Crippen LogP contribution is -1.92. The number of pyridine rings is 1. The molecule has 0 saturated carbocycles. The molecule has 2 aromatic heterocycles. The lowest BCUT2D eigenvalue weighted by Gasteiger charge is -2.02. The fraction of sp³-hybridized carbons (Fsp3) is 0.143. The Hall–Kier alpha value is -2.56. The predicted octanol–water partition coefficient (Wildman–Crippen LogP) is 2.14. The minimum absolute atomic E-state index is 0.479. The lowest BCUT2D eigenvalue weighted by atomic mass is 10.1. The van der Waals surface area contributed by atoms with E-state index in [1.165, 1.54) is 0 Å². The van der Waals surface area contributed by atoms with Crippen LogP contribution in [0.4, 0.5) is 5.82 Å². The molecule has 0 fully saturated rings. The van der Waals surface area contributed by atoms with Gasteiger partial charge in [-0.25, -0.2) is 9.97 Å². The SMILES string of the molecule is COc1cccc(Cc2nc3nc(N)ccc3[nH]2)c1. The van der Waals surface area contributed by atoms with Crippen LogP contribution in [0, 0.1) is 0 Å². The van der Waals surface area contributed by atoms with Crippen molar-refractivity contribution in [1.82, 2.24) is 15.0 Å². The van der Waals surface area contributed by atoms with Gasteiger partial charge in [0.2, 0.25) is 0 Å². The third-order valence-electron chi connectivity index (χ3n) is 2.92. The normalized spacial score (nSPS) is 10.8. The molecule has 3 N–H and O–H groups in total. The van der Waals surface area contributed by atoms with Gasteiger partial charge in [0, 0.05) is 6.42 Å². The molecule has 0 saturated heterocycles. The zero-order valence-electron chi connectivity index (χ0n) is 10.6. The van der Waals surface area contributed by atoms with E-state index in [9.17, 15) is 0 Å². The fourth-order valence-corrected chi connectivity index (χ4v) is 2.02. The highest BCUT2D eigenvalue weighted by Gasteiger charge is 2.05. The van der Waals surface area contributed by atoms with Gasteiger partial charge < -0.3 is 15.5 Å². The maximum absolute atomic E-state index is 5.64. The summed E-state index contributed by atoms with van der Waals surface area (Å²) >= 11 is 0. The van der Waals surface area contributed by atoms with E-state index in [2.05, 4.69) is 15.0 Å². The maximum Gasteiger partial charge on any atom is 0.179 e. The van der Waals surface area contributed by atoms with Gasteiger partial charge in [-0.1, -0.05) is 12.1 Å². The molecule has 0 aliphatic heterocycles. The van der Waals surface area contributed by atoms with Gasteiger partial charge >= 0.3 is 0 Å². The number of aromatic nitrogens is 3. The molecule has 0 atom stereocenters. The minimum Gasteiger partial charge on any atom is -0.497 e. The summed E-state index contributed by atoms with van der Waals surface area (Å²) in [7, 11) is 1.66. The Balaban J connectivity index is 1.92. The number of aromatic amines is 1. The molecule has 0 bridgehead atoms. The number of rotatable bonds is 3. The number of nitrogen functional groups attached to an aromatic ring is 1. The molecule has 3 aromatic rings. The Labute approximate surface area is 110 Å². The monoisotopic (exact) mass is 254 g/mol. The molecule has 0 amide bonds. The average Bonchev–Trinajstić information content (AvgIpc) is 2.80. The number of benzene rings is 1. The quantitative estimate of drug-likeness (QED) is 0.750. The topological polar surface area (TPSA) is 76.8 Å². The van der Waals surface area contributed by atoms with Crippen molar-refractivity contribution in [3.8, 4) is 5.75 Å². The number of ether oxygens (including phenoxy) is 1. The number of fused-ring (bicyclic) bond motifs is 1. The second-order valence-electron chi connectivity index (χ2n) is 4.32. The smallest absolute Gasteiger partial charge is 0.179 e. The molecule has 19 heavy (non-hydrogen) atoms. The van der Waals surface area contributed by atoms with Crippen LogP contribution in [0.25, 0.3) is 11.2 Å². The van der Waals surface area contributed by atoms with Gasteiger partial charge in [0.05, 0.1) is 12.6 Å². The van der Waals surface area contributed by atoms with Crippen LogP contribution in [0.1, 0.15) is 11.4 Å². The van der Waals surface area contributed by atoms with Crippen molar-refractivity contribution in [3.63, 3.8) is 0 Å². The van der Waals surface area contributed by atoms with E-state index in [1.807, 2.05) is 30.3 Å². The molecule has 3 rings (SSSR count). The largest absolute Gasteiger partial charge is 0.497 e. The van der Waals surface area contributed by atoms with Gasteiger partial charge in [-0.2, -0.15) is 0 Å². The zero-order chi connectivity index (χ0) is 13.2. The van der Waals surface area contributed by atoms with Crippen LogP contribution in [0.5, 0.6) is 5.75 Å².